The Morgan fingerprint density at radius 1 is 1.00 bits per heavy atom. The summed E-state index contributed by atoms with van der Waals surface area (Å²) in [4.78, 5) is 14.0. The predicted octanol–water partition coefficient (Wildman–Crippen LogP) is 5.22. The molecule has 1 aliphatic heterocycles. The number of nitrogens with one attached hydrogen (secondary N) is 1. The van der Waals surface area contributed by atoms with Crippen molar-refractivity contribution >= 4 is 11.6 Å². The van der Waals surface area contributed by atoms with Gasteiger partial charge in [0.15, 0.2) is 0 Å². The van der Waals surface area contributed by atoms with E-state index in [1.165, 1.54) is 17.7 Å². The third-order valence-electron chi connectivity index (χ3n) is 5.54. The number of carbonyl (C=O) groups excluding carboxylic acids is 1. The lowest BCUT2D eigenvalue weighted by Gasteiger charge is -2.36. The van der Waals surface area contributed by atoms with Gasteiger partial charge in [0.05, 0.1) is 5.56 Å². The minimum Gasteiger partial charge on any atom is -0.355 e. The number of carbonyl (C=O) groups is 1. The first-order chi connectivity index (χ1) is 15.4. The van der Waals surface area contributed by atoms with Gasteiger partial charge in [-0.05, 0) is 66.1 Å². The molecule has 0 radical (unpaired) electrons. The molecule has 0 fully saturated rings. The molecule has 3 aromatic rings. The van der Waals surface area contributed by atoms with Gasteiger partial charge in [0, 0.05) is 30.4 Å². The van der Waals surface area contributed by atoms with E-state index >= 15 is 0 Å². The molecule has 4 rings (SSSR count). The van der Waals surface area contributed by atoms with Crippen molar-refractivity contribution < 1.29 is 18.0 Å². The van der Waals surface area contributed by atoms with Gasteiger partial charge in [-0.2, -0.15) is 13.2 Å². The van der Waals surface area contributed by atoms with Crippen LogP contribution in [0.15, 0.2) is 72.8 Å². The van der Waals surface area contributed by atoms with Crippen LogP contribution in [0.2, 0.25) is 0 Å². The number of hydrogen-bond donors (Lipinski definition) is 1. The first kappa shape index (κ1) is 21.5. The second-order valence-electron chi connectivity index (χ2n) is 7.52. The van der Waals surface area contributed by atoms with Crippen LogP contribution < -0.4 is 10.2 Å². The molecule has 1 unspecified atom stereocenters. The Morgan fingerprint density at radius 3 is 2.34 bits per heavy atom. The molecule has 0 bridgehead atoms. The largest absolute Gasteiger partial charge is 0.416 e. The Morgan fingerprint density at radius 2 is 1.69 bits per heavy atom. The molecule has 162 valence electrons. The van der Waals surface area contributed by atoms with Crippen molar-refractivity contribution in [1.29, 1.82) is 0 Å². The fraction of sp³-hybridized carbons (Fsp3) is 0.192. The van der Waals surface area contributed by atoms with Gasteiger partial charge in [0.25, 0.3) is 5.91 Å². The van der Waals surface area contributed by atoms with Crippen molar-refractivity contribution in [3.63, 3.8) is 0 Å². The Kier molecular flexibility index (Phi) is 5.91. The van der Waals surface area contributed by atoms with Gasteiger partial charge in [0.2, 0.25) is 0 Å². The summed E-state index contributed by atoms with van der Waals surface area (Å²) >= 11 is 0. The lowest BCUT2D eigenvalue weighted by Crippen LogP contribution is -2.34. The van der Waals surface area contributed by atoms with E-state index in [4.69, 9.17) is 0 Å². The number of anilines is 1. The lowest BCUT2D eigenvalue weighted by atomic mass is 9.92. The number of fused-ring (bicyclic) bond motifs is 1. The number of nitrogens with zero attached hydrogens (tertiary/aromatic N) is 1. The van der Waals surface area contributed by atoms with Crippen LogP contribution in [-0.2, 0) is 12.6 Å². The maximum absolute atomic E-state index is 12.8. The van der Waals surface area contributed by atoms with Gasteiger partial charge in [-0.15, -0.1) is 0 Å². The van der Waals surface area contributed by atoms with Crippen LogP contribution in [0, 0.1) is 11.8 Å². The normalized spacial score (nSPS) is 15.4. The summed E-state index contributed by atoms with van der Waals surface area (Å²) in [5.41, 5.74) is 3.62. The van der Waals surface area contributed by atoms with E-state index in [-0.39, 0.29) is 11.9 Å². The molecular formula is C26H21F3N2O. The van der Waals surface area contributed by atoms with Crippen LogP contribution in [0.3, 0.4) is 0 Å². The summed E-state index contributed by atoms with van der Waals surface area (Å²) < 4.78 is 38.5. The third-order valence-corrected chi connectivity index (χ3v) is 5.54. The highest BCUT2D eigenvalue weighted by Gasteiger charge is 2.30. The van der Waals surface area contributed by atoms with Gasteiger partial charge in [-0.3, -0.25) is 4.79 Å². The van der Waals surface area contributed by atoms with Crippen LogP contribution in [0.25, 0.3) is 0 Å². The third kappa shape index (κ3) is 4.47. The maximum atomic E-state index is 12.8. The Balaban J connectivity index is 1.68. The van der Waals surface area contributed by atoms with Gasteiger partial charge in [0.1, 0.15) is 6.04 Å². The minimum absolute atomic E-state index is 0.154. The van der Waals surface area contributed by atoms with Crippen LogP contribution in [0.1, 0.15) is 38.7 Å². The second-order valence-corrected chi connectivity index (χ2v) is 7.52. The summed E-state index contributed by atoms with van der Waals surface area (Å²) in [6.07, 6.45) is -3.52. The van der Waals surface area contributed by atoms with Crippen LogP contribution in [0.5, 0.6) is 0 Å². The first-order valence-electron chi connectivity index (χ1n) is 10.2. The Hall–Kier alpha value is -3.72. The van der Waals surface area contributed by atoms with Gasteiger partial charge >= 0.3 is 6.18 Å². The van der Waals surface area contributed by atoms with E-state index in [2.05, 4.69) is 28.1 Å². The highest BCUT2D eigenvalue weighted by molar-refractivity contribution is 5.94. The SMILES string of the molecule is CNC(=O)c1ccc(N2CCc3ccccc3C2C#Cc2ccc(C(F)(F)F)cc2)cc1. The molecule has 1 atom stereocenters. The Labute approximate surface area is 184 Å². The summed E-state index contributed by atoms with van der Waals surface area (Å²) in [7, 11) is 1.59. The fourth-order valence-corrected chi connectivity index (χ4v) is 3.84. The van der Waals surface area contributed by atoms with Crippen molar-refractivity contribution in [2.75, 3.05) is 18.5 Å². The zero-order chi connectivity index (χ0) is 22.7. The molecule has 1 amide bonds. The number of halogens is 3. The monoisotopic (exact) mass is 434 g/mol. The molecule has 0 spiro atoms. The molecule has 0 saturated carbocycles. The number of amides is 1. The molecule has 32 heavy (non-hydrogen) atoms. The van der Waals surface area contributed by atoms with Crippen LogP contribution in [0.4, 0.5) is 18.9 Å². The quantitative estimate of drug-likeness (QED) is 0.561. The van der Waals surface area contributed by atoms with E-state index in [0.717, 1.165) is 36.3 Å². The van der Waals surface area contributed by atoms with E-state index in [1.807, 2.05) is 30.3 Å². The number of alkyl halides is 3. The average Bonchev–Trinajstić information content (AvgIpc) is 2.81. The number of rotatable bonds is 2. The fourth-order valence-electron chi connectivity index (χ4n) is 3.84. The smallest absolute Gasteiger partial charge is 0.355 e. The van der Waals surface area contributed by atoms with Crippen molar-refractivity contribution in [2.45, 2.75) is 18.6 Å². The molecule has 0 aromatic heterocycles. The van der Waals surface area contributed by atoms with E-state index in [9.17, 15) is 18.0 Å². The van der Waals surface area contributed by atoms with Crippen LogP contribution in [-0.4, -0.2) is 19.5 Å². The Bertz CT molecular complexity index is 1170. The van der Waals surface area contributed by atoms with Crippen molar-refractivity contribution in [1.82, 2.24) is 5.32 Å². The number of hydrogen-bond acceptors (Lipinski definition) is 2. The maximum Gasteiger partial charge on any atom is 0.416 e. The molecule has 0 aliphatic carbocycles. The average molecular weight is 434 g/mol. The van der Waals surface area contributed by atoms with E-state index in [1.54, 1.807) is 19.2 Å². The van der Waals surface area contributed by atoms with Gasteiger partial charge in [-0.1, -0.05) is 36.1 Å². The highest BCUT2D eigenvalue weighted by atomic mass is 19.4. The lowest BCUT2D eigenvalue weighted by molar-refractivity contribution is -0.137. The first-order valence-corrected chi connectivity index (χ1v) is 10.2. The highest BCUT2D eigenvalue weighted by Crippen LogP contribution is 2.34. The zero-order valence-corrected chi connectivity index (χ0v) is 17.4. The van der Waals surface area contributed by atoms with Crippen LogP contribution >= 0.6 is 0 Å². The summed E-state index contributed by atoms with van der Waals surface area (Å²) in [5.74, 6) is 6.16. The van der Waals surface area contributed by atoms with Gasteiger partial charge < -0.3 is 10.2 Å². The molecule has 3 nitrogen and oxygen atoms in total. The molecular weight excluding hydrogens is 413 g/mol. The topological polar surface area (TPSA) is 32.3 Å². The second kappa shape index (κ2) is 8.80. The summed E-state index contributed by atoms with van der Waals surface area (Å²) in [6, 6.07) is 20.0. The minimum atomic E-state index is -4.37. The molecule has 1 N–H and O–H groups in total. The van der Waals surface area contributed by atoms with Crippen molar-refractivity contribution in [3.05, 3.63) is 101 Å². The predicted molar refractivity (Wildman–Crippen MR) is 118 cm³/mol. The molecule has 1 aliphatic rings. The van der Waals surface area contributed by atoms with Crippen molar-refractivity contribution in [2.24, 2.45) is 0 Å². The molecule has 3 aromatic carbocycles. The molecule has 6 heteroatoms. The summed E-state index contributed by atoms with van der Waals surface area (Å²) in [6.45, 7) is 0.739. The van der Waals surface area contributed by atoms with E-state index in [0.29, 0.717) is 11.1 Å². The molecule has 0 saturated heterocycles. The van der Waals surface area contributed by atoms with E-state index < -0.39 is 11.7 Å². The molecule has 1 heterocycles. The number of benzene rings is 3. The van der Waals surface area contributed by atoms with Crippen molar-refractivity contribution in [3.8, 4) is 11.8 Å². The van der Waals surface area contributed by atoms with Gasteiger partial charge in [-0.25, -0.2) is 0 Å². The zero-order valence-electron chi connectivity index (χ0n) is 17.4. The summed E-state index contributed by atoms with van der Waals surface area (Å²) in [5, 5.41) is 2.61. The standard InChI is InChI=1S/C26H21F3N2O/c1-30-25(32)20-9-13-22(14-10-20)31-17-16-19-4-2-3-5-23(19)24(31)15-8-18-6-11-21(12-7-18)26(27,28)29/h2-7,9-14,24H,16-17H2,1H3,(H,30,32).